The van der Waals surface area contributed by atoms with Crippen molar-refractivity contribution in [3.05, 3.63) is 52.2 Å². The van der Waals surface area contributed by atoms with Gasteiger partial charge in [0.25, 0.3) is 0 Å². The zero-order chi connectivity index (χ0) is 13.0. The lowest BCUT2D eigenvalue weighted by molar-refractivity contribution is 0.472. The number of nitrogens with one attached hydrogen (secondary N) is 1. The molecule has 0 radical (unpaired) electrons. The van der Waals surface area contributed by atoms with Crippen molar-refractivity contribution in [2.24, 2.45) is 0 Å². The third-order valence-corrected chi connectivity index (χ3v) is 4.04. The molecule has 2 nitrogen and oxygen atoms in total. The van der Waals surface area contributed by atoms with Crippen molar-refractivity contribution < 1.29 is 5.11 Å². The topological polar surface area (TPSA) is 32.3 Å². The lowest BCUT2D eigenvalue weighted by Crippen LogP contribution is -2.30. The minimum atomic E-state index is 0.325. The summed E-state index contributed by atoms with van der Waals surface area (Å²) in [6.07, 6.45) is 0.968. The molecular weight excluding hydrogens is 242 g/mol. The number of benzene rings is 1. The SMILES string of the molecule is CC(Cc1ccc(O)cc1)N[C@@H](C)c1cccs1. The van der Waals surface area contributed by atoms with Crippen molar-refractivity contribution in [1.29, 1.82) is 0 Å². The molecule has 0 saturated heterocycles. The fraction of sp³-hybridized carbons (Fsp3) is 0.333. The molecule has 2 aromatic rings. The smallest absolute Gasteiger partial charge is 0.115 e. The highest BCUT2D eigenvalue weighted by Crippen LogP contribution is 2.19. The van der Waals surface area contributed by atoms with Gasteiger partial charge >= 0.3 is 0 Å². The predicted octanol–water partition coefficient (Wildman–Crippen LogP) is 3.74. The van der Waals surface area contributed by atoms with Crippen LogP contribution in [0.2, 0.25) is 0 Å². The quantitative estimate of drug-likeness (QED) is 0.859. The highest BCUT2D eigenvalue weighted by molar-refractivity contribution is 7.10. The molecule has 1 unspecified atom stereocenters. The van der Waals surface area contributed by atoms with E-state index in [2.05, 4.69) is 36.7 Å². The summed E-state index contributed by atoms with van der Waals surface area (Å²) >= 11 is 1.79. The fourth-order valence-electron chi connectivity index (χ4n) is 2.09. The van der Waals surface area contributed by atoms with Gasteiger partial charge in [0.1, 0.15) is 5.75 Å². The standard InChI is InChI=1S/C15H19NOS/c1-11(10-13-5-7-14(17)8-6-13)16-12(2)15-4-3-9-18-15/h3-9,11-12,16-17H,10H2,1-2H3/t11?,12-/m0/s1. The van der Waals surface area contributed by atoms with E-state index in [1.165, 1.54) is 10.4 Å². The Hall–Kier alpha value is -1.32. The van der Waals surface area contributed by atoms with Crippen molar-refractivity contribution in [2.45, 2.75) is 32.4 Å². The number of hydrogen-bond donors (Lipinski definition) is 2. The second kappa shape index (κ2) is 6.03. The molecule has 1 aromatic heterocycles. The lowest BCUT2D eigenvalue weighted by Gasteiger charge is -2.19. The van der Waals surface area contributed by atoms with Gasteiger partial charge in [0.15, 0.2) is 0 Å². The Kier molecular flexibility index (Phi) is 4.39. The summed E-state index contributed by atoms with van der Waals surface area (Å²) in [5.41, 5.74) is 1.24. The van der Waals surface area contributed by atoms with E-state index in [9.17, 15) is 5.11 Å². The van der Waals surface area contributed by atoms with Crippen molar-refractivity contribution >= 4 is 11.3 Å². The first-order chi connectivity index (χ1) is 8.65. The Morgan fingerprint density at radius 1 is 1.17 bits per heavy atom. The summed E-state index contributed by atoms with van der Waals surface area (Å²) < 4.78 is 0. The van der Waals surface area contributed by atoms with E-state index in [1.54, 1.807) is 23.5 Å². The van der Waals surface area contributed by atoms with Crippen molar-refractivity contribution in [3.8, 4) is 5.75 Å². The van der Waals surface area contributed by atoms with Gasteiger partial charge in [-0.3, -0.25) is 0 Å². The minimum Gasteiger partial charge on any atom is -0.508 e. The Bertz CT molecular complexity index is 464. The Morgan fingerprint density at radius 3 is 2.50 bits per heavy atom. The average molecular weight is 261 g/mol. The summed E-state index contributed by atoms with van der Waals surface area (Å²) in [5, 5.41) is 14.9. The van der Waals surface area contributed by atoms with E-state index < -0.39 is 0 Å². The summed E-state index contributed by atoms with van der Waals surface area (Å²) in [6.45, 7) is 4.39. The van der Waals surface area contributed by atoms with Crippen LogP contribution in [0.25, 0.3) is 0 Å². The maximum atomic E-state index is 9.25. The maximum absolute atomic E-state index is 9.25. The van der Waals surface area contributed by atoms with Gasteiger partial charge in [-0.1, -0.05) is 18.2 Å². The third kappa shape index (κ3) is 3.59. The van der Waals surface area contributed by atoms with Crippen LogP contribution in [0.3, 0.4) is 0 Å². The molecule has 96 valence electrons. The molecule has 0 amide bonds. The van der Waals surface area contributed by atoms with Crippen LogP contribution in [0.1, 0.15) is 30.3 Å². The normalized spacial score (nSPS) is 14.3. The number of hydrogen-bond acceptors (Lipinski definition) is 3. The number of rotatable bonds is 5. The molecule has 3 heteroatoms. The largest absolute Gasteiger partial charge is 0.508 e. The second-order valence-electron chi connectivity index (χ2n) is 4.68. The fourth-order valence-corrected chi connectivity index (χ4v) is 2.83. The second-order valence-corrected chi connectivity index (χ2v) is 5.65. The van der Waals surface area contributed by atoms with E-state index in [0.717, 1.165) is 6.42 Å². The van der Waals surface area contributed by atoms with Gasteiger partial charge in [-0.15, -0.1) is 11.3 Å². The van der Waals surface area contributed by atoms with Crippen LogP contribution in [0.4, 0.5) is 0 Å². The molecule has 0 saturated carbocycles. The van der Waals surface area contributed by atoms with Crippen LogP contribution in [-0.4, -0.2) is 11.1 Å². The molecule has 2 atom stereocenters. The van der Waals surface area contributed by atoms with Gasteiger partial charge in [0.2, 0.25) is 0 Å². The molecule has 2 rings (SSSR count). The van der Waals surface area contributed by atoms with Gasteiger partial charge in [-0.2, -0.15) is 0 Å². The van der Waals surface area contributed by atoms with Gasteiger partial charge in [0, 0.05) is 17.0 Å². The van der Waals surface area contributed by atoms with Gasteiger partial charge in [-0.05, 0) is 49.4 Å². The van der Waals surface area contributed by atoms with E-state index in [-0.39, 0.29) is 0 Å². The van der Waals surface area contributed by atoms with Crippen LogP contribution in [0.15, 0.2) is 41.8 Å². The zero-order valence-corrected chi connectivity index (χ0v) is 11.6. The van der Waals surface area contributed by atoms with E-state index >= 15 is 0 Å². The molecule has 2 N–H and O–H groups in total. The molecule has 0 aliphatic heterocycles. The van der Waals surface area contributed by atoms with Crippen LogP contribution in [0, 0.1) is 0 Å². The van der Waals surface area contributed by atoms with Crippen molar-refractivity contribution in [2.75, 3.05) is 0 Å². The first-order valence-electron chi connectivity index (χ1n) is 6.22. The van der Waals surface area contributed by atoms with E-state index in [4.69, 9.17) is 0 Å². The predicted molar refractivity (Wildman–Crippen MR) is 77.1 cm³/mol. The van der Waals surface area contributed by atoms with Gasteiger partial charge < -0.3 is 10.4 Å². The summed E-state index contributed by atoms with van der Waals surface area (Å²) in [6, 6.07) is 12.5. The molecule has 0 aliphatic carbocycles. The Morgan fingerprint density at radius 2 is 1.89 bits per heavy atom. The van der Waals surface area contributed by atoms with Crippen molar-refractivity contribution in [1.82, 2.24) is 5.32 Å². The van der Waals surface area contributed by atoms with Crippen LogP contribution in [0.5, 0.6) is 5.75 Å². The maximum Gasteiger partial charge on any atom is 0.115 e. The monoisotopic (exact) mass is 261 g/mol. The third-order valence-electron chi connectivity index (χ3n) is 2.98. The van der Waals surface area contributed by atoms with Gasteiger partial charge in [0.05, 0.1) is 0 Å². The molecule has 0 fully saturated rings. The summed E-state index contributed by atoms with van der Waals surface area (Å²) in [4.78, 5) is 1.37. The minimum absolute atomic E-state index is 0.325. The average Bonchev–Trinajstić information content (AvgIpc) is 2.85. The van der Waals surface area contributed by atoms with Crippen LogP contribution in [-0.2, 0) is 6.42 Å². The lowest BCUT2D eigenvalue weighted by atomic mass is 10.1. The van der Waals surface area contributed by atoms with E-state index in [0.29, 0.717) is 17.8 Å². The molecule has 0 aliphatic rings. The highest BCUT2D eigenvalue weighted by Gasteiger charge is 2.10. The number of phenols is 1. The van der Waals surface area contributed by atoms with Crippen LogP contribution < -0.4 is 5.32 Å². The zero-order valence-electron chi connectivity index (χ0n) is 10.8. The molecule has 18 heavy (non-hydrogen) atoms. The summed E-state index contributed by atoms with van der Waals surface area (Å²) in [7, 11) is 0. The Labute approximate surface area is 112 Å². The Balaban J connectivity index is 1.88. The number of thiophene rings is 1. The molecule has 0 spiro atoms. The van der Waals surface area contributed by atoms with Crippen LogP contribution >= 0.6 is 11.3 Å². The first kappa shape index (κ1) is 13.1. The van der Waals surface area contributed by atoms with Crippen molar-refractivity contribution in [3.63, 3.8) is 0 Å². The molecule has 1 aromatic carbocycles. The first-order valence-corrected chi connectivity index (χ1v) is 7.10. The molecular formula is C15H19NOS. The van der Waals surface area contributed by atoms with Gasteiger partial charge in [-0.25, -0.2) is 0 Å². The number of phenolic OH excluding ortho intramolecular Hbond substituents is 1. The summed E-state index contributed by atoms with van der Waals surface area (Å²) in [5.74, 6) is 0.325. The molecule has 0 bridgehead atoms. The number of aromatic hydroxyl groups is 1. The highest BCUT2D eigenvalue weighted by atomic mass is 32.1. The van der Waals surface area contributed by atoms with E-state index in [1.807, 2.05) is 12.1 Å². The molecule has 1 heterocycles.